The summed E-state index contributed by atoms with van der Waals surface area (Å²) in [5.74, 6) is 0.412. The van der Waals surface area contributed by atoms with E-state index in [1.807, 2.05) is 0 Å². The van der Waals surface area contributed by atoms with E-state index in [1.165, 1.54) is 44.9 Å². The number of aliphatic carboxylic acids is 1. The number of hydrogen-bond acceptors (Lipinski definition) is 2. The van der Waals surface area contributed by atoms with Crippen LogP contribution in [0.2, 0.25) is 0 Å². The van der Waals surface area contributed by atoms with Crippen molar-refractivity contribution >= 4 is 5.97 Å². The number of carbonyl (C=O) groups is 1. The maximum atomic E-state index is 11.9. The van der Waals surface area contributed by atoms with Crippen molar-refractivity contribution in [3.05, 3.63) is 0 Å². The van der Waals surface area contributed by atoms with Crippen LogP contribution in [0.4, 0.5) is 0 Å². The van der Waals surface area contributed by atoms with E-state index in [0.717, 1.165) is 19.3 Å². The van der Waals surface area contributed by atoms with E-state index in [4.69, 9.17) is 0 Å². The third-order valence-electron chi connectivity index (χ3n) is 5.62. The van der Waals surface area contributed by atoms with Crippen LogP contribution in [0.1, 0.15) is 64.2 Å². The minimum atomic E-state index is -0.583. The van der Waals surface area contributed by atoms with Crippen LogP contribution in [-0.2, 0) is 4.79 Å². The second kappa shape index (κ2) is 4.84. The van der Waals surface area contributed by atoms with Crippen molar-refractivity contribution in [1.82, 2.24) is 5.32 Å². The fraction of sp³-hybridized carbons (Fsp3) is 0.933. The van der Waals surface area contributed by atoms with Crippen LogP contribution in [0.15, 0.2) is 0 Å². The molecule has 0 aromatic heterocycles. The molecule has 3 nitrogen and oxygen atoms in total. The molecule has 0 amide bonds. The van der Waals surface area contributed by atoms with E-state index in [1.54, 1.807) is 0 Å². The first-order valence-corrected chi connectivity index (χ1v) is 7.73. The average Bonchev–Trinajstić information content (AvgIpc) is 2.80. The first-order valence-electron chi connectivity index (χ1n) is 7.73. The highest BCUT2D eigenvalue weighted by Crippen LogP contribution is 2.45. The summed E-state index contributed by atoms with van der Waals surface area (Å²) >= 11 is 0. The minimum Gasteiger partial charge on any atom is -0.480 e. The third kappa shape index (κ3) is 1.97. The summed E-state index contributed by atoms with van der Waals surface area (Å²) in [5, 5.41) is 13.4. The van der Waals surface area contributed by atoms with Crippen molar-refractivity contribution < 1.29 is 9.90 Å². The van der Waals surface area contributed by atoms with Crippen molar-refractivity contribution in [2.45, 2.75) is 75.8 Å². The molecule has 0 spiro atoms. The molecule has 3 atom stereocenters. The molecule has 1 unspecified atom stereocenters. The summed E-state index contributed by atoms with van der Waals surface area (Å²) in [5.41, 5.74) is -0.583. The molecule has 2 saturated carbocycles. The third-order valence-corrected chi connectivity index (χ3v) is 5.62. The molecule has 18 heavy (non-hydrogen) atoms. The zero-order valence-electron chi connectivity index (χ0n) is 11.2. The van der Waals surface area contributed by atoms with Crippen LogP contribution in [-0.4, -0.2) is 22.7 Å². The number of carboxylic acid groups (broad SMARTS) is 1. The predicted octanol–water partition coefficient (Wildman–Crippen LogP) is 2.94. The number of hydrogen-bond donors (Lipinski definition) is 2. The first-order chi connectivity index (χ1) is 8.72. The largest absolute Gasteiger partial charge is 0.480 e. The van der Waals surface area contributed by atoms with Gasteiger partial charge in [-0.05, 0) is 43.9 Å². The highest BCUT2D eigenvalue weighted by atomic mass is 16.4. The lowest BCUT2D eigenvalue weighted by Crippen LogP contribution is -2.55. The van der Waals surface area contributed by atoms with E-state index in [2.05, 4.69) is 5.32 Å². The topological polar surface area (TPSA) is 49.3 Å². The van der Waals surface area contributed by atoms with Crippen LogP contribution >= 0.6 is 0 Å². The second-order valence-electron chi connectivity index (χ2n) is 6.61. The van der Waals surface area contributed by atoms with Gasteiger partial charge in [-0.15, -0.1) is 0 Å². The molecule has 2 N–H and O–H groups in total. The molecule has 3 heteroatoms. The van der Waals surface area contributed by atoms with Gasteiger partial charge in [-0.25, -0.2) is 0 Å². The second-order valence-corrected chi connectivity index (χ2v) is 6.61. The lowest BCUT2D eigenvalue weighted by molar-refractivity contribution is -0.147. The molecular weight excluding hydrogens is 226 g/mol. The van der Waals surface area contributed by atoms with Crippen LogP contribution in [0.25, 0.3) is 0 Å². The normalized spacial score (nSPS) is 41.6. The molecule has 3 fully saturated rings. The molecule has 1 heterocycles. The number of fused-ring (bicyclic) bond motifs is 1. The molecular formula is C15H25NO2. The molecule has 0 aromatic rings. The molecule has 1 aliphatic heterocycles. The van der Waals surface area contributed by atoms with Crippen molar-refractivity contribution in [3.8, 4) is 0 Å². The summed E-state index contributed by atoms with van der Waals surface area (Å²) in [6.45, 7) is 0. The van der Waals surface area contributed by atoms with E-state index in [-0.39, 0.29) is 0 Å². The predicted molar refractivity (Wildman–Crippen MR) is 70.4 cm³/mol. The number of carboxylic acids is 1. The molecule has 1 saturated heterocycles. The molecule has 3 rings (SSSR count). The molecule has 2 aliphatic carbocycles. The lowest BCUT2D eigenvalue weighted by Gasteiger charge is -2.37. The quantitative estimate of drug-likeness (QED) is 0.793. The summed E-state index contributed by atoms with van der Waals surface area (Å²) in [6.07, 6.45) is 11.8. The Bertz CT molecular complexity index is 308. The van der Waals surface area contributed by atoms with Crippen molar-refractivity contribution in [2.24, 2.45) is 11.8 Å². The first kappa shape index (κ1) is 12.5. The maximum absolute atomic E-state index is 11.9. The average molecular weight is 251 g/mol. The van der Waals surface area contributed by atoms with Crippen LogP contribution in [0.5, 0.6) is 0 Å². The van der Waals surface area contributed by atoms with Crippen LogP contribution < -0.4 is 5.32 Å². The Morgan fingerprint density at radius 3 is 2.33 bits per heavy atom. The lowest BCUT2D eigenvalue weighted by atomic mass is 9.72. The van der Waals surface area contributed by atoms with Gasteiger partial charge in [-0.1, -0.05) is 32.1 Å². The van der Waals surface area contributed by atoms with Crippen molar-refractivity contribution in [3.63, 3.8) is 0 Å². The van der Waals surface area contributed by atoms with Gasteiger partial charge in [-0.3, -0.25) is 10.1 Å². The Balaban J connectivity index is 1.81. The Hall–Kier alpha value is -0.570. The maximum Gasteiger partial charge on any atom is 0.324 e. The highest BCUT2D eigenvalue weighted by molar-refractivity contribution is 5.80. The van der Waals surface area contributed by atoms with Gasteiger partial charge in [-0.2, -0.15) is 0 Å². The Labute approximate surface area is 109 Å². The minimum absolute atomic E-state index is 0.370. The summed E-state index contributed by atoms with van der Waals surface area (Å²) in [4.78, 5) is 11.9. The van der Waals surface area contributed by atoms with Gasteiger partial charge in [0.05, 0.1) is 0 Å². The van der Waals surface area contributed by atoms with E-state index in [9.17, 15) is 9.90 Å². The van der Waals surface area contributed by atoms with Crippen molar-refractivity contribution in [1.29, 1.82) is 0 Å². The number of nitrogens with one attached hydrogen (secondary N) is 1. The fourth-order valence-corrected chi connectivity index (χ4v) is 4.65. The van der Waals surface area contributed by atoms with E-state index >= 15 is 0 Å². The zero-order valence-corrected chi connectivity index (χ0v) is 11.2. The van der Waals surface area contributed by atoms with Gasteiger partial charge in [0.1, 0.15) is 5.54 Å². The number of rotatable bonds is 2. The molecule has 0 radical (unpaired) electrons. The van der Waals surface area contributed by atoms with E-state index < -0.39 is 11.5 Å². The van der Waals surface area contributed by atoms with Crippen LogP contribution in [0, 0.1) is 11.8 Å². The van der Waals surface area contributed by atoms with E-state index in [0.29, 0.717) is 17.9 Å². The van der Waals surface area contributed by atoms with Gasteiger partial charge < -0.3 is 5.11 Å². The Morgan fingerprint density at radius 1 is 1.00 bits per heavy atom. The monoisotopic (exact) mass is 251 g/mol. The Kier molecular flexibility index (Phi) is 3.35. The molecule has 102 valence electrons. The molecule has 3 aliphatic rings. The highest BCUT2D eigenvalue weighted by Gasteiger charge is 2.54. The molecule has 0 bridgehead atoms. The Morgan fingerprint density at radius 2 is 1.67 bits per heavy atom. The summed E-state index contributed by atoms with van der Waals surface area (Å²) < 4.78 is 0. The standard InChI is InChI=1S/C15H25NO2/c17-14(18)15(12-7-2-1-3-8-12)10-11-6-4-5-9-13(11)16-15/h11-13,16H,1-10H2,(H,17,18)/t11-,13-,15?/m0/s1. The van der Waals surface area contributed by atoms with Gasteiger partial charge in [0.25, 0.3) is 0 Å². The van der Waals surface area contributed by atoms with Crippen LogP contribution in [0.3, 0.4) is 0 Å². The fourth-order valence-electron chi connectivity index (χ4n) is 4.65. The van der Waals surface area contributed by atoms with Gasteiger partial charge >= 0.3 is 5.97 Å². The van der Waals surface area contributed by atoms with Gasteiger partial charge in [0.2, 0.25) is 0 Å². The van der Waals surface area contributed by atoms with Crippen molar-refractivity contribution in [2.75, 3.05) is 0 Å². The smallest absolute Gasteiger partial charge is 0.324 e. The van der Waals surface area contributed by atoms with Gasteiger partial charge in [0.15, 0.2) is 0 Å². The van der Waals surface area contributed by atoms with Gasteiger partial charge in [0, 0.05) is 6.04 Å². The summed E-state index contributed by atoms with van der Waals surface area (Å²) in [6, 6.07) is 0.483. The zero-order chi connectivity index (χ0) is 12.6. The molecule has 0 aromatic carbocycles. The SMILES string of the molecule is O=C(O)C1(C2CCCCC2)C[C@@H]2CCCC[C@@H]2N1. The summed E-state index contributed by atoms with van der Waals surface area (Å²) in [7, 11) is 0.